The third kappa shape index (κ3) is 4.06. The first-order chi connectivity index (χ1) is 11.5. The van der Waals surface area contributed by atoms with E-state index in [-0.39, 0.29) is 30.1 Å². The number of halogens is 2. The van der Waals surface area contributed by atoms with Crippen LogP contribution in [0.3, 0.4) is 0 Å². The van der Waals surface area contributed by atoms with E-state index in [0.29, 0.717) is 29.4 Å². The molecule has 3 rings (SSSR count). The largest absolute Gasteiger partial charge is 0.346 e. The molecule has 1 N–H and O–H groups in total. The monoisotopic (exact) mass is 381 g/mol. The van der Waals surface area contributed by atoms with Crippen molar-refractivity contribution in [3.05, 3.63) is 58.4 Å². The fourth-order valence-corrected chi connectivity index (χ4v) is 3.27. The number of amides is 1. The molecular weight excluding hydrogens is 361 g/mol. The summed E-state index contributed by atoms with van der Waals surface area (Å²) < 4.78 is 1.72. The second kappa shape index (κ2) is 8.04. The van der Waals surface area contributed by atoms with Gasteiger partial charge in [-0.1, -0.05) is 23.7 Å². The maximum atomic E-state index is 13.1. The minimum Gasteiger partial charge on any atom is -0.346 e. The summed E-state index contributed by atoms with van der Waals surface area (Å²) in [5.41, 5.74) is 2.08. The van der Waals surface area contributed by atoms with Crippen LogP contribution in [0.5, 0.6) is 0 Å². The van der Waals surface area contributed by atoms with Crippen molar-refractivity contribution in [3.8, 4) is 0 Å². The highest BCUT2D eigenvalue weighted by Gasteiger charge is 2.30. The van der Waals surface area contributed by atoms with Crippen LogP contribution < -0.4 is 5.32 Å². The van der Waals surface area contributed by atoms with Crippen LogP contribution in [0.2, 0.25) is 5.02 Å². The number of Topliss-reactive ketones (excluding diaryl/α,β-unsaturated/α-hetero) is 1. The summed E-state index contributed by atoms with van der Waals surface area (Å²) in [4.78, 5) is 26.5. The topological polar surface area (TPSA) is 54.3 Å². The number of hydrogen-bond donors (Lipinski definition) is 1. The van der Waals surface area contributed by atoms with E-state index in [0.717, 1.165) is 12.1 Å². The fraction of sp³-hybridized carbons (Fsp3) is 0.333. The molecular formula is C18H21Cl2N3O2. The number of carbonyl (C=O) groups excluding carboxylic acids is 2. The van der Waals surface area contributed by atoms with E-state index in [1.807, 2.05) is 29.2 Å². The Labute approximate surface area is 158 Å². The standard InChI is InChI=1S/C18H20ClN3O2.ClH/c1-12(23)14-9-16(21(2)11-14)18(24)22-7-6-20-10-17(22)13-4-3-5-15(19)8-13;/h3-5,8-9,11,17,20H,6-7,10H2,1-2H3;1H. The molecule has 7 heteroatoms. The van der Waals surface area contributed by atoms with E-state index in [1.54, 1.807) is 23.9 Å². The highest BCUT2D eigenvalue weighted by molar-refractivity contribution is 6.30. The first-order valence-electron chi connectivity index (χ1n) is 7.92. The summed E-state index contributed by atoms with van der Waals surface area (Å²) in [7, 11) is 1.79. The van der Waals surface area contributed by atoms with Crippen LogP contribution in [0.4, 0.5) is 0 Å². The van der Waals surface area contributed by atoms with Gasteiger partial charge in [0.05, 0.1) is 6.04 Å². The van der Waals surface area contributed by atoms with E-state index < -0.39 is 0 Å². The molecule has 25 heavy (non-hydrogen) atoms. The molecule has 5 nitrogen and oxygen atoms in total. The first-order valence-corrected chi connectivity index (χ1v) is 8.29. The lowest BCUT2D eigenvalue weighted by Crippen LogP contribution is -2.49. The number of piperazine rings is 1. The third-order valence-electron chi connectivity index (χ3n) is 4.37. The normalized spacial score (nSPS) is 17.1. The fourth-order valence-electron chi connectivity index (χ4n) is 3.08. The molecule has 1 atom stereocenters. The lowest BCUT2D eigenvalue weighted by Gasteiger charge is -2.36. The van der Waals surface area contributed by atoms with Gasteiger partial charge in [-0.05, 0) is 30.7 Å². The molecule has 1 saturated heterocycles. The molecule has 0 spiro atoms. The van der Waals surface area contributed by atoms with Gasteiger partial charge in [-0.3, -0.25) is 9.59 Å². The Morgan fingerprint density at radius 1 is 1.28 bits per heavy atom. The number of benzene rings is 1. The van der Waals surface area contributed by atoms with E-state index in [1.165, 1.54) is 6.92 Å². The van der Waals surface area contributed by atoms with Crippen molar-refractivity contribution >= 4 is 35.7 Å². The van der Waals surface area contributed by atoms with Crippen molar-refractivity contribution in [2.45, 2.75) is 13.0 Å². The molecule has 1 aromatic heterocycles. The number of rotatable bonds is 3. The van der Waals surface area contributed by atoms with Gasteiger partial charge in [-0.15, -0.1) is 12.4 Å². The summed E-state index contributed by atoms with van der Waals surface area (Å²) in [6.45, 7) is 3.53. The lowest BCUT2D eigenvalue weighted by atomic mass is 10.0. The van der Waals surface area contributed by atoms with Crippen molar-refractivity contribution in [1.82, 2.24) is 14.8 Å². The minimum absolute atomic E-state index is 0. The van der Waals surface area contributed by atoms with Crippen molar-refractivity contribution in [3.63, 3.8) is 0 Å². The van der Waals surface area contributed by atoms with Crippen LogP contribution in [-0.2, 0) is 7.05 Å². The molecule has 0 radical (unpaired) electrons. The smallest absolute Gasteiger partial charge is 0.271 e. The number of nitrogens with zero attached hydrogens (tertiary/aromatic N) is 2. The molecule has 2 heterocycles. The maximum Gasteiger partial charge on any atom is 0.271 e. The highest BCUT2D eigenvalue weighted by atomic mass is 35.5. The second-order valence-corrected chi connectivity index (χ2v) is 6.49. The van der Waals surface area contributed by atoms with Crippen LogP contribution in [0, 0.1) is 0 Å². The molecule has 1 amide bonds. The zero-order valence-electron chi connectivity index (χ0n) is 14.2. The Bertz CT molecular complexity index is 788. The van der Waals surface area contributed by atoms with E-state index in [2.05, 4.69) is 5.32 Å². The molecule has 0 aliphatic carbocycles. The molecule has 134 valence electrons. The molecule has 0 bridgehead atoms. The van der Waals surface area contributed by atoms with E-state index in [4.69, 9.17) is 11.6 Å². The summed E-state index contributed by atoms with van der Waals surface area (Å²) in [6.07, 6.45) is 1.70. The van der Waals surface area contributed by atoms with Gasteiger partial charge in [0.15, 0.2) is 5.78 Å². The Morgan fingerprint density at radius 2 is 2.04 bits per heavy atom. The number of nitrogens with one attached hydrogen (secondary N) is 1. The predicted octanol–water partition coefficient (Wildman–Crippen LogP) is 3.09. The third-order valence-corrected chi connectivity index (χ3v) is 4.60. The van der Waals surface area contributed by atoms with Crippen LogP contribution in [0.15, 0.2) is 36.5 Å². The Kier molecular flexibility index (Phi) is 6.27. The number of aryl methyl sites for hydroxylation is 1. The van der Waals surface area contributed by atoms with E-state index >= 15 is 0 Å². The quantitative estimate of drug-likeness (QED) is 0.831. The van der Waals surface area contributed by atoms with Gasteiger partial charge in [0, 0.05) is 43.5 Å². The predicted molar refractivity (Wildman–Crippen MR) is 101 cm³/mol. The average molecular weight is 382 g/mol. The molecule has 1 aliphatic rings. The van der Waals surface area contributed by atoms with Gasteiger partial charge in [-0.2, -0.15) is 0 Å². The van der Waals surface area contributed by atoms with Gasteiger partial charge in [0.1, 0.15) is 5.69 Å². The molecule has 1 unspecified atom stereocenters. The van der Waals surface area contributed by atoms with Gasteiger partial charge < -0.3 is 14.8 Å². The van der Waals surface area contributed by atoms with Crippen molar-refractivity contribution in [2.24, 2.45) is 7.05 Å². The minimum atomic E-state index is -0.0828. The van der Waals surface area contributed by atoms with Crippen LogP contribution in [0.25, 0.3) is 0 Å². The number of aromatic nitrogens is 1. The van der Waals surface area contributed by atoms with Crippen molar-refractivity contribution in [1.29, 1.82) is 0 Å². The SMILES string of the molecule is CC(=O)c1cc(C(=O)N2CCNCC2c2cccc(Cl)c2)n(C)c1.Cl. The first kappa shape index (κ1) is 19.5. The lowest BCUT2D eigenvalue weighted by molar-refractivity contribution is 0.0624. The van der Waals surface area contributed by atoms with Crippen molar-refractivity contribution < 1.29 is 9.59 Å². The van der Waals surface area contributed by atoms with Crippen molar-refractivity contribution in [2.75, 3.05) is 19.6 Å². The second-order valence-electron chi connectivity index (χ2n) is 6.05. The maximum absolute atomic E-state index is 13.1. The zero-order chi connectivity index (χ0) is 17.3. The van der Waals surface area contributed by atoms with Gasteiger partial charge in [0.2, 0.25) is 0 Å². The molecule has 0 saturated carbocycles. The molecule has 1 aromatic carbocycles. The zero-order valence-corrected chi connectivity index (χ0v) is 15.7. The summed E-state index contributed by atoms with van der Waals surface area (Å²) in [5.74, 6) is -0.118. The van der Waals surface area contributed by atoms with Gasteiger partial charge in [0.25, 0.3) is 5.91 Å². The Morgan fingerprint density at radius 3 is 2.68 bits per heavy atom. The number of carbonyl (C=O) groups is 2. The number of hydrogen-bond acceptors (Lipinski definition) is 3. The van der Waals surface area contributed by atoms with Crippen LogP contribution >= 0.6 is 24.0 Å². The summed E-state index contributed by atoms with van der Waals surface area (Å²) in [6, 6.07) is 9.18. The van der Waals surface area contributed by atoms with Crippen LogP contribution in [-0.4, -0.2) is 40.8 Å². The summed E-state index contributed by atoms with van der Waals surface area (Å²) in [5, 5.41) is 3.99. The average Bonchev–Trinajstić information content (AvgIpc) is 2.96. The summed E-state index contributed by atoms with van der Waals surface area (Å²) >= 11 is 6.11. The Balaban J connectivity index is 0.00000225. The molecule has 1 fully saturated rings. The van der Waals surface area contributed by atoms with Crippen LogP contribution in [0.1, 0.15) is 39.4 Å². The number of ketones is 1. The Hall–Kier alpha value is -1.82. The van der Waals surface area contributed by atoms with E-state index in [9.17, 15) is 9.59 Å². The molecule has 1 aliphatic heterocycles. The van der Waals surface area contributed by atoms with Gasteiger partial charge >= 0.3 is 0 Å². The highest BCUT2D eigenvalue weighted by Crippen LogP contribution is 2.26. The van der Waals surface area contributed by atoms with Gasteiger partial charge in [-0.25, -0.2) is 0 Å². The molecule has 2 aromatic rings.